The molecule has 1 unspecified atom stereocenters. The first kappa shape index (κ1) is 15.9. The van der Waals surface area contributed by atoms with Gasteiger partial charge in [0.2, 0.25) is 0 Å². The molecule has 114 valence electrons. The zero-order valence-corrected chi connectivity index (χ0v) is 14.0. The molecule has 0 spiro atoms. The van der Waals surface area contributed by atoms with E-state index in [1.165, 1.54) is 27.5 Å². The van der Waals surface area contributed by atoms with Crippen molar-refractivity contribution < 1.29 is 4.74 Å². The molecule has 0 amide bonds. The summed E-state index contributed by atoms with van der Waals surface area (Å²) in [6.07, 6.45) is 1.80. The van der Waals surface area contributed by atoms with E-state index in [9.17, 15) is 0 Å². The van der Waals surface area contributed by atoms with Crippen molar-refractivity contribution in [3.05, 3.63) is 39.9 Å². The van der Waals surface area contributed by atoms with E-state index >= 15 is 0 Å². The minimum absolute atomic E-state index is 0.237. The second-order valence-electron chi connectivity index (χ2n) is 5.07. The van der Waals surface area contributed by atoms with Crippen LogP contribution < -0.4 is 10.1 Å². The molecule has 21 heavy (non-hydrogen) atoms. The lowest BCUT2D eigenvalue weighted by Crippen LogP contribution is -2.23. The predicted octanol–water partition coefficient (Wildman–Crippen LogP) is 3.31. The summed E-state index contributed by atoms with van der Waals surface area (Å²) >= 11 is 1.49. The van der Waals surface area contributed by atoms with Crippen LogP contribution >= 0.6 is 11.5 Å². The van der Waals surface area contributed by atoms with Gasteiger partial charge in [-0.3, -0.25) is 0 Å². The smallest absolute Gasteiger partial charge is 0.122 e. The van der Waals surface area contributed by atoms with Gasteiger partial charge in [0.1, 0.15) is 5.75 Å². The van der Waals surface area contributed by atoms with Crippen LogP contribution in [-0.2, 0) is 12.8 Å². The van der Waals surface area contributed by atoms with Gasteiger partial charge in [0.05, 0.1) is 17.7 Å². The summed E-state index contributed by atoms with van der Waals surface area (Å²) in [6.45, 7) is 7.27. The monoisotopic (exact) mass is 305 g/mol. The largest absolute Gasteiger partial charge is 0.496 e. The Hall–Kier alpha value is -1.46. The summed E-state index contributed by atoms with van der Waals surface area (Å²) in [4.78, 5) is 1.24. The molecule has 2 aromatic rings. The molecular weight excluding hydrogens is 282 g/mol. The Kier molecular flexibility index (Phi) is 5.70. The number of aromatic nitrogens is 2. The minimum atomic E-state index is 0.237. The van der Waals surface area contributed by atoms with Crippen molar-refractivity contribution in [2.75, 3.05) is 13.7 Å². The van der Waals surface area contributed by atoms with E-state index in [1.807, 2.05) is 6.07 Å². The second-order valence-corrected chi connectivity index (χ2v) is 5.85. The summed E-state index contributed by atoms with van der Waals surface area (Å²) in [5.74, 6) is 0.944. The van der Waals surface area contributed by atoms with Gasteiger partial charge in [-0.15, -0.1) is 5.10 Å². The normalized spacial score (nSPS) is 12.4. The van der Waals surface area contributed by atoms with Crippen molar-refractivity contribution in [2.24, 2.45) is 0 Å². The van der Waals surface area contributed by atoms with E-state index < -0.39 is 0 Å². The first-order valence-corrected chi connectivity index (χ1v) is 8.14. The van der Waals surface area contributed by atoms with Crippen molar-refractivity contribution in [2.45, 2.75) is 39.7 Å². The number of methoxy groups -OCH3 is 1. The number of rotatable bonds is 7. The molecule has 4 nitrogen and oxygen atoms in total. The molecule has 1 atom stereocenters. The van der Waals surface area contributed by atoms with Gasteiger partial charge >= 0.3 is 0 Å². The summed E-state index contributed by atoms with van der Waals surface area (Å²) in [5.41, 5.74) is 3.57. The number of benzene rings is 1. The molecule has 1 N–H and O–H groups in total. The molecule has 0 aliphatic rings. The van der Waals surface area contributed by atoms with Crippen molar-refractivity contribution in [3.63, 3.8) is 0 Å². The molecule has 1 heterocycles. The van der Waals surface area contributed by atoms with Gasteiger partial charge in [-0.05, 0) is 49.5 Å². The van der Waals surface area contributed by atoms with Gasteiger partial charge in [-0.2, -0.15) is 0 Å². The summed E-state index contributed by atoms with van der Waals surface area (Å²) in [5, 5.41) is 7.79. The molecule has 2 rings (SSSR count). The number of hydrogen-bond donors (Lipinski definition) is 1. The number of aryl methyl sites for hydroxylation is 2. The van der Waals surface area contributed by atoms with Crippen molar-refractivity contribution in [1.29, 1.82) is 0 Å². The van der Waals surface area contributed by atoms with Gasteiger partial charge in [0.15, 0.2) is 0 Å². The Morgan fingerprint density at radius 3 is 2.81 bits per heavy atom. The molecule has 1 aromatic carbocycles. The topological polar surface area (TPSA) is 47.0 Å². The van der Waals surface area contributed by atoms with Crippen LogP contribution in [0.15, 0.2) is 18.2 Å². The SMILES string of the molecule is CCNC(Cc1cc(C)ccc1OC)c1snnc1CC. The molecule has 5 heteroatoms. The second kappa shape index (κ2) is 7.52. The first-order valence-electron chi connectivity index (χ1n) is 7.37. The molecule has 1 aromatic heterocycles. The maximum Gasteiger partial charge on any atom is 0.122 e. The lowest BCUT2D eigenvalue weighted by atomic mass is 10.0. The maximum absolute atomic E-state index is 5.50. The Morgan fingerprint density at radius 1 is 1.33 bits per heavy atom. The van der Waals surface area contributed by atoms with E-state index in [1.54, 1.807) is 7.11 Å². The van der Waals surface area contributed by atoms with Gasteiger partial charge in [0.25, 0.3) is 0 Å². The molecule has 0 fully saturated rings. The summed E-state index contributed by atoms with van der Waals surface area (Å²) < 4.78 is 9.62. The Labute approximate surface area is 130 Å². The van der Waals surface area contributed by atoms with Gasteiger partial charge in [0, 0.05) is 6.04 Å². The van der Waals surface area contributed by atoms with Gasteiger partial charge < -0.3 is 10.1 Å². The molecular formula is C16H23N3OS. The van der Waals surface area contributed by atoms with Crippen LogP contribution in [0.3, 0.4) is 0 Å². The Bertz CT molecular complexity index is 583. The molecule has 0 radical (unpaired) electrons. The zero-order valence-electron chi connectivity index (χ0n) is 13.1. The third-order valence-electron chi connectivity index (χ3n) is 3.55. The number of nitrogens with one attached hydrogen (secondary N) is 1. The average Bonchev–Trinajstić information content (AvgIpc) is 2.95. The highest BCUT2D eigenvalue weighted by Crippen LogP contribution is 2.29. The van der Waals surface area contributed by atoms with Crippen LogP contribution in [0.2, 0.25) is 0 Å². The number of ether oxygens (including phenoxy) is 1. The molecule has 0 saturated heterocycles. The molecule has 0 aliphatic heterocycles. The van der Waals surface area contributed by atoms with Crippen LogP contribution in [0.5, 0.6) is 5.75 Å². The van der Waals surface area contributed by atoms with Gasteiger partial charge in [-0.1, -0.05) is 36.0 Å². The number of likely N-dealkylation sites (N-methyl/N-ethyl adjacent to an activating group) is 1. The Morgan fingerprint density at radius 2 is 2.14 bits per heavy atom. The molecule has 0 saturated carbocycles. The van der Waals surface area contributed by atoms with Crippen molar-refractivity contribution >= 4 is 11.5 Å². The van der Waals surface area contributed by atoms with Crippen molar-refractivity contribution in [1.82, 2.24) is 14.9 Å². The van der Waals surface area contributed by atoms with Crippen LogP contribution in [0.4, 0.5) is 0 Å². The van der Waals surface area contributed by atoms with Gasteiger partial charge in [-0.25, -0.2) is 0 Å². The summed E-state index contributed by atoms with van der Waals surface area (Å²) in [6, 6.07) is 6.56. The standard InChI is InChI=1S/C16H23N3OS/c1-5-13-16(21-19-18-13)14(17-6-2)10-12-9-11(3)7-8-15(12)20-4/h7-9,14,17H,5-6,10H2,1-4H3. The predicted molar refractivity (Wildman–Crippen MR) is 87.1 cm³/mol. The first-order chi connectivity index (χ1) is 10.2. The fraction of sp³-hybridized carbons (Fsp3) is 0.500. The lowest BCUT2D eigenvalue weighted by molar-refractivity contribution is 0.405. The van der Waals surface area contributed by atoms with E-state index in [0.717, 1.165) is 30.8 Å². The van der Waals surface area contributed by atoms with Crippen LogP contribution in [-0.4, -0.2) is 23.2 Å². The third kappa shape index (κ3) is 3.80. The summed E-state index contributed by atoms with van der Waals surface area (Å²) in [7, 11) is 1.72. The fourth-order valence-corrected chi connectivity index (χ4v) is 3.33. The minimum Gasteiger partial charge on any atom is -0.496 e. The highest BCUT2D eigenvalue weighted by Gasteiger charge is 2.19. The van der Waals surface area contributed by atoms with E-state index in [0.29, 0.717) is 0 Å². The van der Waals surface area contributed by atoms with Crippen LogP contribution in [0.1, 0.15) is 41.6 Å². The Balaban J connectivity index is 2.30. The van der Waals surface area contributed by atoms with Crippen molar-refractivity contribution in [3.8, 4) is 5.75 Å². The number of hydrogen-bond acceptors (Lipinski definition) is 5. The average molecular weight is 305 g/mol. The fourth-order valence-electron chi connectivity index (χ4n) is 2.52. The number of nitrogens with zero attached hydrogens (tertiary/aromatic N) is 2. The highest BCUT2D eigenvalue weighted by molar-refractivity contribution is 7.05. The molecule has 0 aliphatic carbocycles. The quantitative estimate of drug-likeness (QED) is 0.852. The van der Waals surface area contributed by atoms with E-state index in [4.69, 9.17) is 4.74 Å². The highest BCUT2D eigenvalue weighted by atomic mass is 32.1. The third-order valence-corrected chi connectivity index (χ3v) is 4.43. The molecule has 0 bridgehead atoms. The maximum atomic E-state index is 5.50. The van der Waals surface area contributed by atoms with E-state index in [2.05, 4.69) is 47.8 Å². The zero-order chi connectivity index (χ0) is 15.2. The van der Waals surface area contributed by atoms with Crippen LogP contribution in [0, 0.1) is 6.92 Å². The lowest BCUT2D eigenvalue weighted by Gasteiger charge is -2.19. The van der Waals surface area contributed by atoms with E-state index in [-0.39, 0.29) is 6.04 Å². The van der Waals surface area contributed by atoms with Crippen LogP contribution in [0.25, 0.3) is 0 Å².